The molecule has 8 nitrogen and oxygen atoms in total. The van der Waals surface area contributed by atoms with Crippen molar-refractivity contribution >= 4 is 27.5 Å². The zero-order valence-electron chi connectivity index (χ0n) is 17.9. The molecule has 2 fully saturated rings. The van der Waals surface area contributed by atoms with Gasteiger partial charge in [0, 0.05) is 19.1 Å². The van der Waals surface area contributed by atoms with Gasteiger partial charge in [0.05, 0.1) is 16.5 Å². The Labute approximate surface area is 183 Å². The molecule has 3 aliphatic rings. The predicted octanol–water partition coefficient (Wildman–Crippen LogP) is 2.65. The average molecular weight is 450 g/mol. The number of carbonyl (C=O) groups is 2. The van der Waals surface area contributed by atoms with Crippen molar-refractivity contribution in [3.8, 4) is 5.75 Å². The van der Waals surface area contributed by atoms with Crippen molar-refractivity contribution in [2.24, 2.45) is 5.92 Å². The van der Waals surface area contributed by atoms with Crippen LogP contribution in [0.3, 0.4) is 0 Å². The van der Waals surface area contributed by atoms with E-state index in [9.17, 15) is 18.0 Å². The number of anilines is 1. The van der Waals surface area contributed by atoms with E-state index in [4.69, 9.17) is 4.74 Å². The Morgan fingerprint density at radius 1 is 1.13 bits per heavy atom. The first-order chi connectivity index (χ1) is 14.8. The number of benzene rings is 1. The molecule has 1 saturated heterocycles. The van der Waals surface area contributed by atoms with Crippen LogP contribution in [0.5, 0.6) is 5.75 Å². The number of amides is 2. The molecule has 0 bridgehead atoms. The Morgan fingerprint density at radius 3 is 2.61 bits per heavy atom. The Bertz CT molecular complexity index is 940. The molecule has 1 saturated carbocycles. The summed E-state index contributed by atoms with van der Waals surface area (Å²) < 4.78 is 33.4. The molecule has 1 aliphatic carbocycles. The van der Waals surface area contributed by atoms with Gasteiger partial charge >= 0.3 is 0 Å². The van der Waals surface area contributed by atoms with E-state index in [-0.39, 0.29) is 35.2 Å². The molecule has 0 spiro atoms. The molecular formula is C22H31N3O5S. The zero-order valence-corrected chi connectivity index (χ0v) is 18.7. The van der Waals surface area contributed by atoms with Gasteiger partial charge in [0.25, 0.3) is 5.91 Å². The number of hydrogen-bond acceptors (Lipinski definition) is 5. The van der Waals surface area contributed by atoms with Crippen molar-refractivity contribution in [3.63, 3.8) is 0 Å². The summed E-state index contributed by atoms with van der Waals surface area (Å²) in [4.78, 5) is 24.8. The highest BCUT2D eigenvalue weighted by Crippen LogP contribution is 2.33. The van der Waals surface area contributed by atoms with Crippen LogP contribution in [-0.4, -0.2) is 49.8 Å². The fourth-order valence-electron chi connectivity index (χ4n) is 4.61. The van der Waals surface area contributed by atoms with Crippen LogP contribution >= 0.6 is 0 Å². The van der Waals surface area contributed by atoms with Crippen LogP contribution in [0.15, 0.2) is 23.1 Å². The fourth-order valence-corrected chi connectivity index (χ4v) is 6.17. The molecule has 2 atom stereocenters. The second kappa shape index (κ2) is 9.16. The minimum absolute atomic E-state index is 0.0353. The van der Waals surface area contributed by atoms with Crippen LogP contribution in [0.2, 0.25) is 0 Å². The van der Waals surface area contributed by atoms with Crippen molar-refractivity contribution in [1.29, 1.82) is 0 Å². The van der Waals surface area contributed by atoms with E-state index in [2.05, 4.69) is 10.6 Å². The van der Waals surface area contributed by atoms with Crippen LogP contribution in [0.25, 0.3) is 0 Å². The van der Waals surface area contributed by atoms with Crippen LogP contribution in [0.4, 0.5) is 5.69 Å². The first kappa shape index (κ1) is 22.1. The number of rotatable bonds is 4. The summed E-state index contributed by atoms with van der Waals surface area (Å²) in [6, 6.07) is 4.70. The quantitative estimate of drug-likeness (QED) is 0.688. The summed E-state index contributed by atoms with van der Waals surface area (Å²) in [6.45, 7) is 2.20. The summed E-state index contributed by atoms with van der Waals surface area (Å²) in [5.41, 5.74) is 0.351. The van der Waals surface area contributed by atoms with Gasteiger partial charge in [0.15, 0.2) is 6.10 Å². The van der Waals surface area contributed by atoms with Gasteiger partial charge in [-0.25, -0.2) is 8.42 Å². The minimum Gasteiger partial charge on any atom is -0.479 e. The number of sulfonamides is 1. The van der Waals surface area contributed by atoms with Crippen molar-refractivity contribution in [1.82, 2.24) is 9.62 Å². The normalized spacial score (nSPS) is 25.6. The van der Waals surface area contributed by atoms with Crippen molar-refractivity contribution in [3.05, 3.63) is 18.2 Å². The van der Waals surface area contributed by atoms with E-state index in [1.807, 2.05) is 0 Å². The summed E-state index contributed by atoms with van der Waals surface area (Å²) in [6.07, 6.45) is 7.41. The maximum absolute atomic E-state index is 13.3. The number of ether oxygens (including phenoxy) is 1. The highest BCUT2D eigenvalue weighted by molar-refractivity contribution is 7.89. The lowest BCUT2D eigenvalue weighted by atomic mass is 9.97. The highest BCUT2D eigenvalue weighted by atomic mass is 32.2. The van der Waals surface area contributed by atoms with E-state index in [0.717, 1.165) is 25.7 Å². The number of carbonyl (C=O) groups excluding carboxylic acids is 2. The van der Waals surface area contributed by atoms with Gasteiger partial charge in [-0.05, 0) is 50.8 Å². The van der Waals surface area contributed by atoms with E-state index in [1.54, 1.807) is 13.0 Å². The SMILES string of the molecule is C[C@@H]1Oc2ccc(S(=O)(=O)N3CCC[C@H](C(=O)NC4CCCCCC4)C3)cc2NC1=O. The van der Waals surface area contributed by atoms with Gasteiger partial charge in [0.1, 0.15) is 5.75 Å². The highest BCUT2D eigenvalue weighted by Gasteiger charge is 2.35. The summed E-state index contributed by atoms with van der Waals surface area (Å²) >= 11 is 0. The smallest absolute Gasteiger partial charge is 0.265 e. The van der Waals surface area contributed by atoms with Crippen LogP contribution < -0.4 is 15.4 Å². The van der Waals surface area contributed by atoms with Crippen LogP contribution in [-0.2, 0) is 19.6 Å². The Hall–Kier alpha value is -2.13. The number of piperidine rings is 1. The van der Waals surface area contributed by atoms with Gasteiger partial charge in [-0.1, -0.05) is 25.7 Å². The number of nitrogens with zero attached hydrogens (tertiary/aromatic N) is 1. The van der Waals surface area contributed by atoms with Crippen molar-refractivity contribution in [2.75, 3.05) is 18.4 Å². The lowest BCUT2D eigenvalue weighted by molar-refractivity contribution is -0.127. The molecule has 2 heterocycles. The van der Waals surface area contributed by atoms with E-state index in [0.29, 0.717) is 30.8 Å². The van der Waals surface area contributed by atoms with Crippen molar-refractivity contribution in [2.45, 2.75) is 75.3 Å². The van der Waals surface area contributed by atoms with Crippen LogP contribution in [0, 0.1) is 5.92 Å². The number of nitrogens with one attached hydrogen (secondary N) is 2. The average Bonchev–Trinajstić information content (AvgIpc) is 3.03. The monoisotopic (exact) mass is 449 g/mol. The molecule has 2 amide bonds. The van der Waals surface area contributed by atoms with Gasteiger partial charge in [-0.3, -0.25) is 9.59 Å². The predicted molar refractivity (Wildman–Crippen MR) is 116 cm³/mol. The van der Waals surface area contributed by atoms with E-state index in [1.165, 1.54) is 29.3 Å². The standard InChI is InChI=1S/C22H31N3O5S/c1-15-21(26)24-19-13-18(10-11-20(19)30-15)31(28,29)25-12-6-7-16(14-25)22(27)23-17-8-4-2-3-5-9-17/h10-11,13,15-17H,2-9,12,14H2,1H3,(H,23,27)(H,24,26)/t15-,16-/m0/s1. The molecule has 0 radical (unpaired) electrons. The summed E-state index contributed by atoms with van der Waals surface area (Å²) in [5.74, 6) is -0.235. The first-order valence-electron chi connectivity index (χ1n) is 11.3. The molecule has 2 N–H and O–H groups in total. The molecule has 31 heavy (non-hydrogen) atoms. The van der Waals surface area contributed by atoms with Gasteiger partial charge in [0.2, 0.25) is 15.9 Å². The van der Waals surface area contributed by atoms with Crippen molar-refractivity contribution < 1.29 is 22.7 Å². The third-order valence-corrected chi connectivity index (χ3v) is 8.34. The van der Waals surface area contributed by atoms with E-state index < -0.39 is 16.1 Å². The fraction of sp³-hybridized carbons (Fsp3) is 0.636. The molecule has 1 aromatic carbocycles. The van der Waals surface area contributed by atoms with Gasteiger partial charge < -0.3 is 15.4 Å². The molecule has 1 aromatic rings. The third kappa shape index (κ3) is 4.87. The van der Waals surface area contributed by atoms with Gasteiger partial charge in [-0.2, -0.15) is 4.31 Å². The molecule has 2 aliphatic heterocycles. The Balaban J connectivity index is 1.45. The topological polar surface area (TPSA) is 105 Å². The molecular weight excluding hydrogens is 418 g/mol. The van der Waals surface area contributed by atoms with E-state index >= 15 is 0 Å². The zero-order chi connectivity index (χ0) is 22.0. The molecule has 4 rings (SSSR count). The molecule has 9 heteroatoms. The second-order valence-corrected chi connectivity index (χ2v) is 10.7. The largest absolute Gasteiger partial charge is 0.479 e. The molecule has 0 unspecified atom stereocenters. The molecule has 170 valence electrons. The summed E-state index contributed by atoms with van der Waals surface area (Å²) in [5, 5.41) is 5.86. The maximum atomic E-state index is 13.3. The Kier molecular flexibility index (Phi) is 6.52. The van der Waals surface area contributed by atoms with Crippen LogP contribution in [0.1, 0.15) is 58.3 Å². The summed E-state index contributed by atoms with van der Waals surface area (Å²) in [7, 11) is -3.79. The molecule has 0 aromatic heterocycles. The number of fused-ring (bicyclic) bond motifs is 1. The Morgan fingerprint density at radius 2 is 1.87 bits per heavy atom. The number of hydrogen-bond donors (Lipinski definition) is 2. The first-order valence-corrected chi connectivity index (χ1v) is 12.7. The third-order valence-electron chi connectivity index (χ3n) is 6.48. The second-order valence-electron chi connectivity index (χ2n) is 8.81. The van der Waals surface area contributed by atoms with Gasteiger partial charge in [-0.15, -0.1) is 0 Å². The lowest BCUT2D eigenvalue weighted by Crippen LogP contribution is -2.47. The minimum atomic E-state index is -3.79. The lowest BCUT2D eigenvalue weighted by Gasteiger charge is -2.32. The maximum Gasteiger partial charge on any atom is 0.265 e.